The lowest BCUT2D eigenvalue weighted by Gasteiger charge is -1.98. The van der Waals surface area contributed by atoms with Crippen LogP contribution in [0.5, 0.6) is 0 Å². The van der Waals surface area contributed by atoms with Crippen molar-refractivity contribution in [1.82, 2.24) is 14.8 Å². The van der Waals surface area contributed by atoms with E-state index in [9.17, 15) is 9.59 Å². The van der Waals surface area contributed by atoms with E-state index in [2.05, 4.69) is 15.1 Å². The second-order valence-electron chi connectivity index (χ2n) is 6.46. The van der Waals surface area contributed by atoms with Crippen molar-refractivity contribution in [3.8, 4) is 5.13 Å². The van der Waals surface area contributed by atoms with Gasteiger partial charge in [0.2, 0.25) is 5.13 Å². The number of rotatable bonds is 5. The van der Waals surface area contributed by atoms with Gasteiger partial charge in [-0.25, -0.2) is 4.98 Å². The molecule has 0 spiro atoms. The number of carbonyl (C=O) groups is 1. The van der Waals surface area contributed by atoms with Crippen molar-refractivity contribution in [3.05, 3.63) is 75.7 Å². The Morgan fingerprint density at radius 3 is 2.72 bits per heavy atom. The predicted octanol–water partition coefficient (Wildman–Crippen LogP) is 3.55. The summed E-state index contributed by atoms with van der Waals surface area (Å²) in [4.78, 5) is 33.8. The molecule has 2 aromatic carbocycles. The Labute approximate surface area is 170 Å². The Bertz CT molecular complexity index is 1230. The number of nitrogens with one attached hydrogen (secondary N) is 1. The first-order valence-electron chi connectivity index (χ1n) is 8.92. The number of carbonyl (C=O) groups excluding carboxylic acids is 1. The first kappa shape index (κ1) is 18.8. The minimum absolute atomic E-state index is 0.0705. The molecule has 0 saturated carbocycles. The van der Waals surface area contributed by atoms with Crippen LogP contribution < -0.4 is 5.56 Å². The van der Waals surface area contributed by atoms with E-state index in [-0.39, 0.29) is 12.0 Å². The number of nitrogens with zero attached hydrogens (tertiary/aromatic N) is 3. The van der Waals surface area contributed by atoms with E-state index in [4.69, 9.17) is 4.74 Å². The van der Waals surface area contributed by atoms with Crippen molar-refractivity contribution in [2.45, 2.75) is 13.3 Å². The van der Waals surface area contributed by atoms with Crippen molar-refractivity contribution < 1.29 is 9.53 Å². The fraction of sp³-hybridized carbons (Fsp3) is 0.143. The second-order valence-corrected chi connectivity index (χ2v) is 7.46. The molecule has 1 N–H and O–H groups in total. The van der Waals surface area contributed by atoms with E-state index >= 15 is 0 Å². The zero-order valence-electron chi connectivity index (χ0n) is 15.9. The number of aromatic nitrogens is 3. The van der Waals surface area contributed by atoms with Gasteiger partial charge in [0.25, 0.3) is 5.56 Å². The van der Waals surface area contributed by atoms with E-state index in [1.54, 1.807) is 0 Å². The van der Waals surface area contributed by atoms with Gasteiger partial charge in [-0.3, -0.25) is 19.7 Å². The average molecular weight is 406 g/mol. The van der Waals surface area contributed by atoms with Crippen LogP contribution in [0.25, 0.3) is 15.3 Å². The Morgan fingerprint density at radius 1 is 1.24 bits per heavy atom. The lowest BCUT2D eigenvalue weighted by atomic mass is 10.2. The summed E-state index contributed by atoms with van der Waals surface area (Å²) in [6.45, 7) is 1.99. The van der Waals surface area contributed by atoms with Gasteiger partial charge >= 0.3 is 5.97 Å². The summed E-state index contributed by atoms with van der Waals surface area (Å²) in [6, 6.07) is 15.3. The third kappa shape index (κ3) is 3.88. The van der Waals surface area contributed by atoms with Gasteiger partial charge in [-0.2, -0.15) is 4.68 Å². The highest BCUT2D eigenvalue weighted by Gasteiger charge is 2.19. The number of fused-ring (bicyclic) bond motifs is 1. The van der Waals surface area contributed by atoms with E-state index < -0.39 is 5.97 Å². The molecule has 2 heterocycles. The molecule has 0 aliphatic heterocycles. The van der Waals surface area contributed by atoms with Gasteiger partial charge in [-0.05, 0) is 31.2 Å². The summed E-state index contributed by atoms with van der Waals surface area (Å²) in [5, 5.41) is 3.50. The van der Waals surface area contributed by atoms with E-state index in [1.807, 2.05) is 55.5 Å². The first-order valence-corrected chi connectivity index (χ1v) is 9.74. The molecule has 0 radical (unpaired) electrons. The lowest BCUT2D eigenvalue weighted by Crippen LogP contribution is -2.17. The number of H-pyrrole nitrogens is 1. The van der Waals surface area contributed by atoms with Crippen molar-refractivity contribution in [2.24, 2.45) is 4.99 Å². The Hall–Kier alpha value is -3.52. The number of thiazole rings is 1. The van der Waals surface area contributed by atoms with Gasteiger partial charge in [0.1, 0.15) is 0 Å². The van der Waals surface area contributed by atoms with Gasteiger partial charge in [0.05, 0.1) is 40.7 Å². The summed E-state index contributed by atoms with van der Waals surface area (Å²) < 4.78 is 7.07. The highest BCUT2D eigenvalue weighted by molar-refractivity contribution is 7.20. The molecule has 7 nitrogen and oxygen atoms in total. The minimum Gasteiger partial charge on any atom is -0.469 e. The van der Waals surface area contributed by atoms with Crippen LogP contribution in [0, 0.1) is 6.92 Å². The molecule has 146 valence electrons. The van der Waals surface area contributed by atoms with Gasteiger partial charge < -0.3 is 4.74 Å². The number of para-hydroxylation sites is 1. The standard InChI is InChI=1S/C21H18N4O3S/c1-13-7-9-14(10-8-13)22-12-15-17(11-19(26)28-2)24-25(20(15)27)21-23-16-5-3-4-6-18(16)29-21/h3-10,12,24H,11H2,1-2H3. The zero-order chi connectivity index (χ0) is 20.4. The number of esters is 1. The molecular formula is C21H18N4O3S. The molecule has 0 fully saturated rings. The number of aryl methyl sites for hydroxylation is 1. The van der Waals surface area contributed by atoms with Crippen LogP contribution >= 0.6 is 11.3 Å². The summed E-state index contributed by atoms with van der Waals surface area (Å²) in [5.41, 5.74) is 3.05. The summed E-state index contributed by atoms with van der Waals surface area (Å²) in [6.07, 6.45) is 1.41. The fourth-order valence-corrected chi connectivity index (χ4v) is 3.77. The first-order chi connectivity index (χ1) is 14.0. The van der Waals surface area contributed by atoms with Gasteiger partial charge in [0, 0.05) is 6.21 Å². The van der Waals surface area contributed by atoms with Crippen molar-refractivity contribution >= 4 is 39.4 Å². The van der Waals surface area contributed by atoms with Crippen LogP contribution in [0.15, 0.2) is 58.3 Å². The van der Waals surface area contributed by atoms with Crippen molar-refractivity contribution in [1.29, 1.82) is 0 Å². The lowest BCUT2D eigenvalue weighted by molar-refractivity contribution is -0.139. The van der Waals surface area contributed by atoms with Crippen LogP contribution in [0.1, 0.15) is 16.8 Å². The maximum atomic E-state index is 13.1. The number of aliphatic imine (C=N–C) groups is 1. The number of benzene rings is 2. The molecule has 8 heteroatoms. The highest BCUT2D eigenvalue weighted by Crippen LogP contribution is 2.23. The molecule has 2 aromatic heterocycles. The topological polar surface area (TPSA) is 89.3 Å². The Kier molecular flexibility index (Phi) is 5.09. The third-order valence-corrected chi connectivity index (χ3v) is 5.43. The minimum atomic E-state index is -0.451. The maximum absolute atomic E-state index is 13.1. The van der Waals surface area contributed by atoms with Crippen molar-refractivity contribution in [2.75, 3.05) is 7.11 Å². The number of hydrogen-bond acceptors (Lipinski definition) is 6. The molecule has 0 unspecified atom stereocenters. The molecule has 0 saturated heterocycles. The highest BCUT2D eigenvalue weighted by atomic mass is 32.1. The van der Waals surface area contributed by atoms with Crippen molar-refractivity contribution in [3.63, 3.8) is 0 Å². The van der Waals surface area contributed by atoms with E-state index in [1.165, 1.54) is 29.3 Å². The van der Waals surface area contributed by atoms with E-state index in [0.29, 0.717) is 22.1 Å². The quantitative estimate of drug-likeness (QED) is 0.405. The smallest absolute Gasteiger partial charge is 0.311 e. The van der Waals surface area contributed by atoms with Crippen LogP contribution in [0.4, 0.5) is 5.69 Å². The van der Waals surface area contributed by atoms with Crippen LogP contribution in [0.3, 0.4) is 0 Å². The number of aromatic amines is 1. The average Bonchev–Trinajstić information content (AvgIpc) is 3.28. The SMILES string of the molecule is COC(=O)Cc1[nH]n(-c2nc3ccccc3s2)c(=O)c1C=Nc1ccc(C)cc1. The summed E-state index contributed by atoms with van der Waals surface area (Å²) in [5.74, 6) is -0.451. The normalized spacial score (nSPS) is 11.4. The number of hydrogen-bond donors (Lipinski definition) is 1. The molecule has 4 rings (SSSR count). The third-order valence-electron chi connectivity index (χ3n) is 4.40. The predicted molar refractivity (Wildman–Crippen MR) is 114 cm³/mol. The van der Waals surface area contributed by atoms with Gasteiger partial charge in [-0.1, -0.05) is 41.2 Å². The monoisotopic (exact) mass is 406 g/mol. The maximum Gasteiger partial charge on any atom is 0.311 e. The molecule has 29 heavy (non-hydrogen) atoms. The molecule has 0 aliphatic rings. The zero-order valence-corrected chi connectivity index (χ0v) is 16.7. The molecule has 0 bridgehead atoms. The summed E-state index contributed by atoms with van der Waals surface area (Å²) >= 11 is 1.39. The second kappa shape index (κ2) is 7.84. The largest absolute Gasteiger partial charge is 0.469 e. The molecule has 0 amide bonds. The van der Waals surface area contributed by atoms with Gasteiger partial charge in [-0.15, -0.1) is 0 Å². The number of methoxy groups -OCH3 is 1. The van der Waals surface area contributed by atoms with Gasteiger partial charge in [0.15, 0.2) is 0 Å². The molecule has 4 aromatic rings. The number of ether oxygens (including phenoxy) is 1. The summed E-state index contributed by atoms with van der Waals surface area (Å²) in [7, 11) is 1.31. The molecule has 0 atom stereocenters. The van der Waals surface area contributed by atoms with Crippen LogP contribution in [0.2, 0.25) is 0 Å². The molecular weight excluding hydrogens is 388 g/mol. The van der Waals surface area contributed by atoms with Crippen LogP contribution in [-0.4, -0.2) is 34.1 Å². The van der Waals surface area contributed by atoms with E-state index in [0.717, 1.165) is 15.8 Å². The van der Waals surface area contributed by atoms with Crippen LogP contribution in [-0.2, 0) is 16.0 Å². The molecule has 0 aliphatic carbocycles. The fourth-order valence-electron chi connectivity index (χ4n) is 2.84. The Balaban J connectivity index is 1.79. The Morgan fingerprint density at radius 2 is 2.00 bits per heavy atom.